The first kappa shape index (κ1) is 9.97. The van der Waals surface area contributed by atoms with Crippen LogP contribution in [0.4, 0.5) is 5.82 Å². The summed E-state index contributed by atoms with van der Waals surface area (Å²) in [5.41, 5.74) is 1.12. The second-order valence-corrected chi connectivity index (χ2v) is 5.10. The number of aromatic nitrogens is 1. The van der Waals surface area contributed by atoms with Gasteiger partial charge in [0.2, 0.25) is 0 Å². The molecule has 1 aliphatic rings. The Hall–Kier alpha value is -0.570. The Balaban J connectivity index is 2.21. The second-order valence-electron chi connectivity index (χ2n) is 3.73. The second kappa shape index (κ2) is 4.30. The minimum Gasteiger partial charge on any atom is -0.357 e. The minimum absolute atomic E-state index is 0.338. The van der Waals surface area contributed by atoms with Gasteiger partial charge >= 0.3 is 0 Å². The summed E-state index contributed by atoms with van der Waals surface area (Å²) in [5, 5.41) is 0. The fourth-order valence-electron chi connectivity index (χ4n) is 1.78. The van der Waals surface area contributed by atoms with E-state index in [1.165, 1.54) is 12.8 Å². The van der Waals surface area contributed by atoms with Crippen LogP contribution in [0.1, 0.15) is 30.3 Å². The predicted octanol–water partition coefficient (Wildman–Crippen LogP) is 3.14. The molecule has 3 heteroatoms. The SMILES string of the molecule is CC(Br)c1cccc(N2CCCC2)n1. The van der Waals surface area contributed by atoms with Gasteiger partial charge in [-0.15, -0.1) is 0 Å². The van der Waals surface area contributed by atoms with E-state index in [0.717, 1.165) is 24.6 Å². The summed E-state index contributed by atoms with van der Waals surface area (Å²) < 4.78 is 0. The molecule has 0 saturated carbocycles. The molecular formula is C11H15BrN2. The molecule has 0 aliphatic carbocycles. The Morgan fingerprint density at radius 2 is 2.07 bits per heavy atom. The lowest BCUT2D eigenvalue weighted by molar-refractivity contribution is 0.912. The first-order valence-electron chi connectivity index (χ1n) is 5.13. The lowest BCUT2D eigenvalue weighted by Gasteiger charge is -2.17. The van der Waals surface area contributed by atoms with Crippen molar-refractivity contribution in [2.45, 2.75) is 24.6 Å². The monoisotopic (exact) mass is 254 g/mol. The van der Waals surface area contributed by atoms with Crippen molar-refractivity contribution in [2.24, 2.45) is 0 Å². The van der Waals surface area contributed by atoms with Crippen LogP contribution >= 0.6 is 15.9 Å². The third-order valence-corrected chi connectivity index (χ3v) is 3.06. The van der Waals surface area contributed by atoms with Crippen molar-refractivity contribution in [2.75, 3.05) is 18.0 Å². The smallest absolute Gasteiger partial charge is 0.128 e. The topological polar surface area (TPSA) is 16.1 Å². The molecule has 0 amide bonds. The fourth-order valence-corrected chi connectivity index (χ4v) is 2.04. The van der Waals surface area contributed by atoms with Gasteiger partial charge in [-0.2, -0.15) is 0 Å². The van der Waals surface area contributed by atoms with E-state index in [-0.39, 0.29) is 0 Å². The number of pyridine rings is 1. The quantitative estimate of drug-likeness (QED) is 0.755. The maximum absolute atomic E-state index is 4.63. The van der Waals surface area contributed by atoms with Crippen molar-refractivity contribution in [3.05, 3.63) is 23.9 Å². The molecule has 2 heterocycles. The Morgan fingerprint density at radius 1 is 1.36 bits per heavy atom. The summed E-state index contributed by atoms with van der Waals surface area (Å²) in [5.74, 6) is 1.13. The zero-order valence-electron chi connectivity index (χ0n) is 8.41. The van der Waals surface area contributed by atoms with Crippen LogP contribution in [-0.4, -0.2) is 18.1 Å². The van der Waals surface area contributed by atoms with Crippen molar-refractivity contribution in [1.29, 1.82) is 0 Å². The molecule has 1 saturated heterocycles. The maximum atomic E-state index is 4.63. The third kappa shape index (κ3) is 2.08. The number of rotatable bonds is 2. The number of hydrogen-bond acceptors (Lipinski definition) is 2. The van der Waals surface area contributed by atoms with Crippen LogP contribution in [0.5, 0.6) is 0 Å². The summed E-state index contributed by atoms with van der Waals surface area (Å²) in [4.78, 5) is 7.33. The van der Waals surface area contributed by atoms with Crippen LogP contribution < -0.4 is 4.90 Å². The first-order chi connectivity index (χ1) is 6.77. The van der Waals surface area contributed by atoms with Crippen LogP contribution in [0.2, 0.25) is 0 Å². The minimum atomic E-state index is 0.338. The Kier molecular flexibility index (Phi) is 3.06. The van der Waals surface area contributed by atoms with Crippen molar-refractivity contribution in [3.63, 3.8) is 0 Å². The maximum Gasteiger partial charge on any atom is 0.128 e. The zero-order valence-corrected chi connectivity index (χ0v) is 10.00. The summed E-state index contributed by atoms with van der Waals surface area (Å²) in [7, 11) is 0. The molecule has 0 bridgehead atoms. The summed E-state index contributed by atoms with van der Waals surface area (Å²) >= 11 is 3.54. The van der Waals surface area contributed by atoms with Crippen molar-refractivity contribution in [1.82, 2.24) is 4.98 Å². The number of anilines is 1. The lowest BCUT2D eigenvalue weighted by Crippen LogP contribution is -2.19. The van der Waals surface area contributed by atoms with E-state index in [1.807, 2.05) is 0 Å². The molecular weight excluding hydrogens is 240 g/mol. The van der Waals surface area contributed by atoms with Gasteiger partial charge in [-0.25, -0.2) is 4.98 Å². The zero-order chi connectivity index (χ0) is 9.97. The highest BCUT2D eigenvalue weighted by molar-refractivity contribution is 9.09. The van der Waals surface area contributed by atoms with E-state index < -0.39 is 0 Å². The van der Waals surface area contributed by atoms with Gasteiger partial charge in [0.25, 0.3) is 0 Å². The normalized spacial score (nSPS) is 18.6. The number of alkyl halides is 1. The highest BCUT2D eigenvalue weighted by atomic mass is 79.9. The van der Waals surface area contributed by atoms with Crippen molar-refractivity contribution in [3.8, 4) is 0 Å². The summed E-state index contributed by atoms with van der Waals surface area (Å²) in [6, 6.07) is 6.26. The van der Waals surface area contributed by atoms with Crippen LogP contribution in [-0.2, 0) is 0 Å². The molecule has 1 aliphatic heterocycles. The van der Waals surface area contributed by atoms with Crippen LogP contribution in [0, 0.1) is 0 Å². The molecule has 1 aromatic rings. The standard InChI is InChI=1S/C11H15BrN2/c1-9(12)10-5-4-6-11(13-10)14-7-2-3-8-14/h4-6,9H,2-3,7-8H2,1H3. The van der Waals surface area contributed by atoms with Gasteiger partial charge in [0.1, 0.15) is 5.82 Å². The molecule has 76 valence electrons. The molecule has 0 radical (unpaired) electrons. The third-order valence-electron chi connectivity index (χ3n) is 2.59. The van der Waals surface area contributed by atoms with Crippen LogP contribution in [0.15, 0.2) is 18.2 Å². The van der Waals surface area contributed by atoms with Gasteiger partial charge in [-0.3, -0.25) is 0 Å². The van der Waals surface area contributed by atoms with Gasteiger partial charge in [-0.05, 0) is 31.9 Å². The largest absolute Gasteiger partial charge is 0.357 e. The van der Waals surface area contributed by atoms with Gasteiger partial charge in [0.15, 0.2) is 0 Å². The Morgan fingerprint density at radius 3 is 2.71 bits per heavy atom. The van der Waals surface area contributed by atoms with Crippen LogP contribution in [0.25, 0.3) is 0 Å². The van der Waals surface area contributed by atoms with Crippen molar-refractivity contribution >= 4 is 21.7 Å². The van der Waals surface area contributed by atoms with Gasteiger partial charge in [-0.1, -0.05) is 22.0 Å². The van der Waals surface area contributed by atoms with E-state index in [2.05, 4.69) is 50.9 Å². The Bertz CT molecular complexity index is 306. The lowest BCUT2D eigenvalue weighted by atomic mass is 10.3. The van der Waals surface area contributed by atoms with E-state index in [0.29, 0.717) is 4.83 Å². The van der Waals surface area contributed by atoms with E-state index in [1.54, 1.807) is 0 Å². The molecule has 0 spiro atoms. The molecule has 1 fully saturated rings. The average molecular weight is 255 g/mol. The van der Waals surface area contributed by atoms with E-state index in [4.69, 9.17) is 0 Å². The Labute approximate surface area is 93.5 Å². The van der Waals surface area contributed by atoms with Gasteiger partial charge < -0.3 is 4.90 Å². The molecule has 1 unspecified atom stereocenters. The molecule has 1 aromatic heterocycles. The number of hydrogen-bond donors (Lipinski definition) is 0. The average Bonchev–Trinajstić information content (AvgIpc) is 2.71. The molecule has 14 heavy (non-hydrogen) atoms. The van der Waals surface area contributed by atoms with Gasteiger partial charge in [0.05, 0.1) is 10.5 Å². The summed E-state index contributed by atoms with van der Waals surface area (Å²) in [6.45, 7) is 4.43. The molecule has 2 rings (SSSR count). The van der Waals surface area contributed by atoms with Gasteiger partial charge in [0, 0.05) is 13.1 Å². The first-order valence-corrected chi connectivity index (χ1v) is 6.05. The predicted molar refractivity (Wildman–Crippen MR) is 63.0 cm³/mol. The molecule has 2 nitrogen and oxygen atoms in total. The van der Waals surface area contributed by atoms with Crippen molar-refractivity contribution < 1.29 is 0 Å². The van der Waals surface area contributed by atoms with E-state index in [9.17, 15) is 0 Å². The van der Waals surface area contributed by atoms with Crippen LogP contribution in [0.3, 0.4) is 0 Å². The molecule has 0 N–H and O–H groups in total. The molecule has 0 aromatic carbocycles. The van der Waals surface area contributed by atoms with E-state index >= 15 is 0 Å². The number of nitrogens with zero attached hydrogens (tertiary/aromatic N) is 2. The fraction of sp³-hybridized carbons (Fsp3) is 0.545. The summed E-state index contributed by atoms with van der Waals surface area (Å²) in [6.07, 6.45) is 2.60. The number of halogens is 1. The highest BCUT2D eigenvalue weighted by Crippen LogP contribution is 2.23. The highest BCUT2D eigenvalue weighted by Gasteiger charge is 2.14. The molecule has 1 atom stereocenters.